The van der Waals surface area contributed by atoms with Crippen molar-refractivity contribution in [3.05, 3.63) is 74.0 Å². The molecule has 0 unspecified atom stereocenters. The standard InChI is InChI=1S/C19H15NO4/c1-11-2-5-13(6-3-11)16-17(19(22)18(16)21)20-9-12-4-7-14-15(8-12)24-10-23-14/h2-8,20H,9-10H2,1H3. The molecule has 0 aromatic heterocycles. The van der Waals surface area contributed by atoms with E-state index in [-0.39, 0.29) is 6.79 Å². The molecule has 0 saturated heterocycles. The maximum Gasteiger partial charge on any atom is 0.250 e. The van der Waals surface area contributed by atoms with Crippen molar-refractivity contribution in [3.8, 4) is 22.6 Å². The quantitative estimate of drug-likeness (QED) is 0.748. The molecule has 1 aliphatic rings. The zero-order chi connectivity index (χ0) is 16.7. The van der Waals surface area contributed by atoms with E-state index in [1.54, 1.807) is 0 Å². The first kappa shape index (κ1) is 14.5. The molecular formula is C19H15NO4. The molecule has 24 heavy (non-hydrogen) atoms. The number of hydrogen-bond acceptors (Lipinski definition) is 5. The SMILES string of the molecule is Cc1ccc(-c2c(NCc3ccc4c(c3)OCO4)c(=O)c2=O)cc1. The Balaban J connectivity index is 1.57. The summed E-state index contributed by atoms with van der Waals surface area (Å²) < 4.78 is 10.6. The monoisotopic (exact) mass is 321 g/mol. The normalized spacial score (nSPS) is 12.5. The number of fused-ring (bicyclic) bond motifs is 1. The molecule has 0 saturated carbocycles. The molecule has 1 heterocycles. The number of ether oxygens (including phenoxy) is 2. The van der Waals surface area contributed by atoms with Crippen LogP contribution in [0.4, 0.5) is 5.69 Å². The number of benzene rings is 2. The molecule has 1 aliphatic heterocycles. The predicted molar refractivity (Wildman–Crippen MR) is 91.4 cm³/mol. The lowest BCUT2D eigenvalue weighted by molar-refractivity contribution is 0.174. The molecule has 0 amide bonds. The molecule has 0 fully saturated rings. The second kappa shape index (κ2) is 5.53. The Hall–Kier alpha value is -3.08. The maximum absolute atomic E-state index is 11.9. The Morgan fingerprint density at radius 1 is 0.958 bits per heavy atom. The fourth-order valence-electron chi connectivity index (χ4n) is 2.80. The number of hydrogen-bond donors (Lipinski definition) is 1. The highest BCUT2D eigenvalue weighted by atomic mass is 16.7. The summed E-state index contributed by atoms with van der Waals surface area (Å²) in [6, 6.07) is 13.2. The van der Waals surface area contributed by atoms with Gasteiger partial charge in [0.25, 0.3) is 0 Å². The van der Waals surface area contributed by atoms with Gasteiger partial charge in [0.05, 0.1) is 11.3 Å². The third kappa shape index (κ3) is 2.34. The van der Waals surface area contributed by atoms with Crippen LogP contribution in [-0.2, 0) is 6.54 Å². The van der Waals surface area contributed by atoms with Crippen LogP contribution in [0.15, 0.2) is 52.1 Å². The lowest BCUT2D eigenvalue weighted by atomic mass is 9.97. The Morgan fingerprint density at radius 2 is 1.71 bits per heavy atom. The van der Waals surface area contributed by atoms with E-state index in [1.807, 2.05) is 49.4 Å². The van der Waals surface area contributed by atoms with Crippen LogP contribution in [0.1, 0.15) is 11.1 Å². The largest absolute Gasteiger partial charge is 0.454 e. The molecule has 3 aromatic carbocycles. The van der Waals surface area contributed by atoms with Gasteiger partial charge in [-0.2, -0.15) is 0 Å². The van der Waals surface area contributed by atoms with Crippen LogP contribution in [0.5, 0.6) is 11.5 Å². The average Bonchev–Trinajstić information content (AvgIpc) is 3.06. The van der Waals surface area contributed by atoms with Crippen LogP contribution >= 0.6 is 0 Å². The Kier molecular flexibility index (Phi) is 3.34. The summed E-state index contributed by atoms with van der Waals surface area (Å²) >= 11 is 0. The zero-order valence-electron chi connectivity index (χ0n) is 13.1. The van der Waals surface area contributed by atoms with Crippen molar-refractivity contribution in [3.63, 3.8) is 0 Å². The second-order valence-corrected chi connectivity index (χ2v) is 5.82. The predicted octanol–water partition coefficient (Wildman–Crippen LogP) is 2.60. The van der Waals surface area contributed by atoms with Crippen LogP contribution in [0.2, 0.25) is 0 Å². The van der Waals surface area contributed by atoms with Gasteiger partial charge in [-0.25, -0.2) is 0 Å². The Labute approximate surface area is 138 Å². The van der Waals surface area contributed by atoms with E-state index in [1.165, 1.54) is 0 Å². The molecule has 0 atom stereocenters. The minimum atomic E-state index is -0.466. The summed E-state index contributed by atoms with van der Waals surface area (Å²) in [7, 11) is 0. The van der Waals surface area contributed by atoms with E-state index in [0.29, 0.717) is 29.3 Å². The molecule has 4 rings (SSSR count). The first-order valence-corrected chi connectivity index (χ1v) is 7.66. The highest BCUT2D eigenvalue weighted by Gasteiger charge is 2.22. The molecule has 1 N–H and O–H groups in total. The topological polar surface area (TPSA) is 64.6 Å². The van der Waals surface area contributed by atoms with Gasteiger partial charge >= 0.3 is 0 Å². The maximum atomic E-state index is 11.9. The van der Waals surface area contributed by atoms with Crippen molar-refractivity contribution in [2.24, 2.45) is 0 Å². The fourth-order valence-corrected chi connectivity index (χ4v) is 2.80. The van der Waals surface area contributed by atoms with Crippen LogP contribution < -0.4 is 25.6 Å². The van der Waals surface area contributed by atoms with Gasteiger partial charge in [-0.3, -0.25) is 9.59 Å². The minimum Gasteiger partial charge on any atom is -0.454 e. The molecule has 5 nitrogen and oxygen atoms in total. The van der Waals surface area contributed by atoms with Gasteiger partial charge in [0, 0.05) is 6.54 Å². The van der Waals surface area contributed by atoms with Gasteiger partial charge in [0.1, 0.15) is 0 Å². The van der Waals surface area contributed by atoms with Crippen molar-refractivity contribution in [1.82, 2.24) is 0 Å². The third-order valence-corrected chi connectivity index (χ3v) is 4.16. The molecule has 0 bridgehead atoms. The second-order valence-electron chi connectivity index (χ2n) is 5.82. The third-order valence-electron chi connectivity index (χ3n) is 4.16. The van der Waals surface area contributed by atoms with Crippen molar-refractivity contribution >= 4 is 5.69 Å². The van der Waals surface area contributed by atoms with E-state index in [2.05, 4.69) is 5.32 Å². The lowest BCUT2D eigenvalue weighted by Crippen LogP contribution is -2.36. The van der Waals surface area contributed by atoms with Gasteiger partial charge in [0.2, 0.25) is 17.7 Å². The van der Waals surface area contributed by atoms with Crippen LogP contribution in [0, 0.1) is 6.92 Å². The fraction of sp³-hybridized carbons (Fsp3) is 0.158. The lowest BCUT2D eigenvalue weighted by Gasteiger charge is -2.14. The highest BCUT2D eigenvalue weighted by Crippen LogP contribution is 2.33. The Morgan fingerprint density at radius 3 is 2.50 bits per heavy atom. The molecule has 0 radical (unpaired) electrons. The van der Waals surface area contributed by atoms with E-state index >= 15 is 0 Å². The molecular weight excluding hydrogens is 306 g/mol. The van der Waals surface area contributed by atoms with Crippen molar-refractivity contribution < 1.29 is 9.47 Å². The van der Waals surface area contributed by atoms with Crippen LogP contribution in [0.25, 0.3) is 11.1 Å². The van der Waals surface area contributed by atoms with E-state index in [0.717, 1.165) is 16.7 Å². The molecule has 0 aliphatic carbocycles. The Bertz CT molecular complexity index is 982. The summed E-state index contributed by atoms with van der Waals surface area (Å²) in [4.78, 5) is 23.8. The van der Waals surface area contributed by atoms with Gasteiger partial charge in [-0.05, 0) is 30.2 Å². The van der Waals surface area contributed by atoms with Crippen molar-refractivity contribution in [1.29, 1.82) is 0 Å². The van der Waals surface area contributed by atoms with Gasteiger partial charge in [-0.1, -0.05) is 35.9 Å². The zero-order valence-corrected chi connectivity index (χ0v) is 13.1. The summed E-state index contributed by atoms with van der Waals surface area (Å²) in [5, 5.41) is 3.08. The number of nitrogens with one attached hydrogen (secondary N) is 1. The summed E-state index contributed by atoms with van der Waals surface area (Å²) in [6.07, 6.45) is 0. The number of aryl methyl sites for hydroxylation is 1. The molecule has 120 valence electrons. The summed E-state index contributed by atoms with van der Waals surface area (Å²) in [6.45, 7) is 2.63. The minimum absolute atomic E-state index is 0.224. The van der Waals surface area contributed by atoms with Crippen LogP contribution in [0.3, 0.4) is 0 Å². The first-order chi connectivity index (χ1) is 11.6. The molecule has 0 spiro atoms. The molecule has 3 aromatic rings. The average molecular weight is 321 g/mol. The van der Waals surface area contributed by atoms with Gasteiger partial charge in [0.15, 0.2) is 11.5 Å². The van der Waals surface area contributed by atoms with E-state index in [4.69, 9.17) is 9.47 Å². The van der Waals surface area contributed by atoms with Crippen molar-refractivity contribution in [2.45, 2.75) is 13.5 Å². The summed E-state index contributed by atoms with van der Waals surface area (Å²) in [5.74, 6) is 1.41. The number of anilines is 1. The highest BCUT2D eigenvalue weighted by molar-refractivity contribution is 5.81. The smallest absolute Gasteiger partial charge is 0.250 e. The van der Waals surface area contributed by atoms with Gasteiger partial charge < -0.3 is 14.8 Å². The van der Waals surface area contributed by atoms with Gasteiger partial charge in [-0.15, -0.1) is 0 Å². The van der Waals surface area contributed by atoms with Crippen molar-refractivity contribution in [2.75, 3.05) is 12.1 Å². The summed E-state index contributed by atoms with van der Waals surface area (Å²) in [5.41, 5.74) is 2.74. The van der Waals surface area contributed by atoms with Crippen LogP contribution in [-0.4, -0.2) is 6.79 Å². The van der Waals surface area contributed by atoms with E-state index < -0.39 is 10.9 Å². The van der Waals surface area contributed by atoms with E-state index in [9.17, 15) is 9.59 Å². The first-order valence-electron chi connectivity index (χ1n) is 7.66. The number of rotatable bonds is 4. The molecule has 5 heteroatoms.